The highest BCUT2D eigenvalue weighted by Gasteiger charge is 2.55. The van der Waals surface area contributed by atoms with Crippen LogP contribution in [0.5, 0.6) is 5.75 Å². The number of nitrogens with two attached hydrogens (primary N) is 1. The Bertz CT molecular complexity index is 1630. The van der Waals surface area contributed by atoms with Crippen LogP contribution in [0.2, 0.25) is 0 Å². The number of nitrogens with zero attached hydrogens (tertiary/aromatic N) is 1. The van der Waals surface area contributed by atoms with Crippen LogP contribution in [0.15, 0.2) is 79.8 Å². The number of pyridine rings is 1. The molecule has 1 aromatic heterocycles. The fourth-order valence-corrected chi connectivity index (χ4v) is 5.96. The maximum Gasteiger partial charge on any atom is 0.257 e. The second-order valence-corrected chi connectivity index (χ2v) is 10.1. The van der Waals surface area contributed by atoms with Crippen LogP contribution >= 0.6 is 31.9 Å². The SMILES string of the molecule is Cc1ccc2[nH]c(=O)c3c(c2c1)OC(N)=C(C#N)C31c2cc(Br)ccc2-c2ccc(Br)cc21. The third-order valence-corrected chi connectivity index (χ3v) is 7.49. The molecule has 6 rings (SSSR count). The first kappa shape index (κ1) is 20.3. The molecule has 7 heteroatoms. The number of allylic oxidation sites excluding steroid dienone is 1. The van der Waals surface area contributed by atoms with Crippen LogP contribution in [0.1, 0.15) is 22.3 Å². The van der Waals surface area contributed by atoms with Gasteiger partial charge in [0.2, 0.25) is 5.88 Å². The van der Waals surface area contributed by atoms with Crippen LogP contribution < -0.4 is 16.0 Å². The topological polar surface area (TPSA) is 91.9 Å². The second-order valence-electron chi connectivity index (χ2n) is 8.29. The van der Waals surface area contributed by atoms with Crippen molar-refractivity contribution in [3.8, 4) is 22.9 Å². The molecule has 33 heavy (non-hydrogen) atoms. The summed E-state index contributed by atoms with van der Waals surface area (Å²) < 4.78 is 7.73. The molecule has 0 unspecified atom stereocenters. The smallest absolute Gasteiger partial charge is 0.257 e. The van der Waals surface area contributed by atoms with Crippen LogP contribution in [0.4, 0.5) is 0 Å². The Kier molecular flexibility index (Phi) is 4.20. The summed E-state index contributed by atoms with van der Waals surface area (Å²) in [5.74, 6) is 0.379. The summed E-state index contributed by atoms with van der Waals surface area (Å²) in [5, 5.41) is 11.1. The quantitative estimate of drug-likeness (QED) is 0.286. The summed E-state index contributed by atoms with van der Waals surface area (Å²) in [6.07, 6.45) is 0. The Balaban J connectivity index is 1.91. The molecule has 0 fully saturated rings. The van der Waals surface area contributed by atoms with Gasteiger partial charge in [-0.15, -0.1) is 0 Å². The summed E-state index contributed by atoms with van der Waals surface area (Å²) in [6, 6.07) is 19.9. The van der Waals surface area contributed by atoms with Crippen molar-refractivity contribution in [1.82, 2.24) is 4.98 Å². The van der Waals surface area contributed by atoms with Crippen molar-refractivity contribution in [2.45, 2.75) is 12.3 Å². The molecule has 0 radical (unpaired) electrons. The van der Waals surface area contributed by atoms with Crippen molar-refractivity contribution in [3.05, 3.63) is 108 Å². The standard InChI is InChI=1S/C26H15Br2N3O2/c1-12-2-7-21-17(8-12)23-22(25(32)31-21)26(20(11-29)24(30)33-23)18-9-13(27)3-5-15(18)16-6-4-14(28)10-19(16)26/h2-10H,30H2,1H3,(H,31,32). The zero-order valence-electron chi connectivity index (χ0n) is 17.3. The van der Waals surface area contributed by atoms with E-state index in [0.717, 1.165) is 42.1 Å². The van der Waals surface area contributed by atoms with Crippen molar-refractivity contribution < 1.29 is 4.74 Å². The van der Waals surface area contributed by atoms with Crippen molar-refractivity contribution in [1.29, 1.82) is 5.26 Å². The lowest BCUT2D eigenvalue weighted by atomic mass is 9.66. The number of hydrogen-bond acceptors (Lipinski definition) is 4. The van der Waals surface area contributed by atoms with Gasteiger partial charge in [0.05, 0.1) is 16.5 Å². The van der Waals surface area contributed by atoms with Crippen molar-refractivity contribution in [2.24, 2.45) is 5.73 Å². The van der Waals surface area contributed by atoms with Crippen LogP contribution in [-0.2, 0) is 5.41 Å². The number of rotatable bonds is 0. The number of nitriles is 1. The molecule has 1 aliphatic heterocycles. The van der Waals surface area contributed by atoms with Gasteiger partial charge in [-0.3, -0.25) is 4.79 Å². The van der Waals surface area contributed by atoms with Gasteiger partial charge in [0.1, 0.15) is 17.4 Å². The number of aryl methyl sites for hydroxylation is 1. The molecule has 0 atom stereocenters. The number of H-pyrrole nitrogens is 1. The van der Waals surface area contributed by atoms with Crippen LogP contribution in [0.3, 0.4) is 0 Å². The maximum atomic E-state index is 13.7. The molecule has 5 nitrogen and oxygen atoms in total. The number of hydrogen-bond donors (Lipinski definition) is 2. The fourth-order valence-electron chi connectivity index (χ4n) is 5.24. The Morgan fingerprint density at radius 1 is 1.00 bits per heavy atom. The summed E-state index contributed by atoms with van der Waals surface area (Å²) in [6.45, 7) is 1.98. The normalized spacial score (nSPS) is 15.1. The molecule has 0 bridgehead atoms. The molecule has 0 saturated carbocycles. The highest BCUT2D eigenvalue weighted by molar-refractivity contribution is 9.10. The highest BCUT2D eigenvalue weighted by atomic mass is 79.9. The summed E-state index contributed by atoms with van der Waals surface area (Å²) in [5.41, 5.74) is 10.6. The molecule has 0 amide bonds. The first-order chi connectivity index (χ1) is 15.9. The predicted molar refractivity (Wildman–Crippen MR) is 134 cm³/mol. The minimum absolute atomic E-state index is 0.00263. The van der Waals surface area contributed by atoms with E-state index in [4.69, 9.17) is 10.5 Å². The van der Waals surface area contributed by atoms with Crippen molar-refractivity contribution in [3.63, 3.8) is 0 Å². The molecular weight excluding hydrogens is 546 g/mol. The molecular formula is C26H15Br2N3O2. The molecule has 2 aliphatic rings. The van der Waals surface area contributed by atoms with E-state index in [-0.39, 0.29) is 17.0 Å². The van der Waals surface area contributed by atoms with Gasteiger partial charge in [0, 0.05) is 14.3 Å². The van der Waals surface area contributed by atoms with Gasteiger partial charge in [-0.05, 0) is 65.6 Å². The minimum Gasteiger partial charge on any atom is -0.439 e. The molecule has 2 heterocycles. The predicted octanol–water partition coefficient (Wildman–Crippen LogP) is 5.76. The van der Waals surface area contributed by atoms with E-state index in [1.807, 2.05) is 61.5 Å². The maximum absolute atomic E-state index is 13.7. The Labute approximate surface area is 205 Å². The van der Waals surface area contributed by atoms with Gasteiger partial charge in [0.25, 0.3) is 5.56 Å². The molecule has 1 aliphatic carbocycles. The number of benzene rings is 3. The number of aromatic amines is 1. The molecule has 0 saturated heterocycles. The van der Waals surface area contributed by atoms with Crippen LogP contribution in [0, 0.1) is 18.3 Å². The number of nitrogens with one attached hydrogen (secondary N) is 1. The van der Waals surface area contributed by atoms with Gasteiger partial charge in [-0.1, -0.05) is 55.6 Å². The molecule has 1 spiro atoms. The lowest BCUT2D eigenvalue weighted by Gasteiger charge is -2.37. The van der Waals surface area contributed by atoms with E-state index in [2.05, 4.69) is 42.9 Å². The average molecular weight is 561 g/mol. The minimum atomic E-state index is -1.21. The third kappa shape index (κ3) is 2.53. The number of fused-ring (bicyclic) bond motifs is 9. The lowest BCUT2D eigenvalue weighted by molar-refractivity contribution is 0.384. The van der Waals surface area contributed by atoms with Crippen molar-refractivity contribution in [2.75, 3.05) is 0 Å². The highest BCUT2D eigenvalue weighted by Crippen LogP contribution is 2.60. The average Bonchev–Trinajstić information content (AvgIpc) is 3.04. The first-order valence-electron chi connectivity index (χ1n) is 10.2. The summed E-state index contributed by atoms with van der Waals surface area (Å²) in [4.78, 5) is 16.8. The number of halogens is 2. The van der Waals surface area contributed by atoms with Crippen LogP contribution in [0.25, 0.3) is 22.0 Å². The number of ether oxygens (including phenoxy) is 1. The molecule has 4 aromatic rings. The zero-order chi connectivity index (χ0) is 23.1. The van der Waals surface area contributed by atoms with Gasteiger partial charge in [-0.2, -0.15) is 5.26 Å². The first-order valence-corrected chi connectivity index (χ1v) is 11.8. The van der Waals surface area contributed by atoms with E-state index in [1.165, 1.54) is 0 Å². The van der Waals surface area contributed by atoms with Crippen LogP contribution in [-0.4, -0.2) is 4.98 Å². The fraction of sp³-hybridized carbons (Fsp3) is 0.0769. The second kappa shape index (κ2) is 6.83. The lowest BCUT2D eigenvalue weighted by Crippen LogP contribution is -2.41. The number of aromatic nitrogens is 1. The van der Waals surface area contributed by atoms with Gasteiger partial charge in [-0.25, -0.2) is 0 Å². The Morgan fingerprint density at radius 2 is 1.64 bits per heavy atom. The molecule has 160 valence electrons. The van der Waals surface area contributed by atoms with E-state index in [9.17, 15) is 10.1 Å². The van der Waals surface area contributed by atoms with E-state index < -0.39 is 5.41 Å². The summed E-state index contributed by atoms with van der Waals surface area (Å²) in [7, 11) is 0. The zero-order valence-corrected chi connectivity index (χ0v) is 20.5. The largest absolute Gasteiger partial charge is 0.439 e. The van der Waals surface area contributed by atoms with Crippen molar-refractivity contribution >= 4 is 42.8 Å². The molecule has 3 N–H and O–H groups in total. The van der Waals surface area contributed by atoms with Gasteiger partial charge >= 0.3 is 0 Å². The van der Waals surface area contributed by atoms with Gasteiger partial charge < -0.3 is 15.5 Å². The van der Waals surface area contributed by atoms with E-state index in [0.29, 0.717) is 16.8 Å². The Hall–Kier alpha value is -3.34. The third-order valence-electron chi connectivity index (χ3n) is 6.50. The van der Waals surface area contributed by atoms with Gasteiger partial charge in [0.15, 0.2) is 0 Å². The van der Waals surface area contributed by atoms with E-state index in [1.54, 1.807) is 0 Å². The summed E-state index contributed by atoms with van der Waals surface area (Å²) >= 11 is 7.16. The molecule has 3 aromatic carbocycles. The Morgan fingerprint density at radius 3 is 2.24 bits per heavy atom. The van der Waals surface area contributed by atoms with E-state index >= 15 is 0 Å². The monoisotopic (exact) mass is 559 g/mol.